The second-order valence-corrected chi connectivity index (χ2v) is 8.43. The summed E-state index contributed by atoms with van der Waals surface area (Å²) in [4.78, 5) is 12.1. The Labute approximate surface area is 178 Å². The zero-order valence-electron chi connectivity index (χ0n) is 14.9. The number of rotatable bonds is 4. The number of aromatic nitrogens is 3. The van der Waals surface area contributed by atoms with Crippen LogP contribution < -0.4 is 4.72 Å². The highest BCUT2D eigenvalue weighted by Crippen LogP contribution is 2.33. The Bertz CT molecular complexity index is 1240. The molecule has 0 spiro atoms. The molecule has 1 aromatic heterocycles. The number of nitrogens with zero attached hydrogens (tertiary/aromatic N) is 3. The number of nitrogens with one attached hydrogen (secondary N) is 1. The number of carbonyl (C=O) groups excluding carboxylic acids is 1. The number of carbonyl (C=O) groups is 1. The summed E-state index contributed by atoms with van der Waals surface area (Å²) in [6.07, 6.45) is -4.59. The van der Waals surface area contributed by atoms with Crippen LogP contribution in [-0.4, -0.2) is 29.3 Å². The van der Waals surface area contributed by atoms with Crippen molar-refractivity contribution in [3.63, 3.8) is 0 Å². The predicted molar refractivity (Wildman–Crippen MR) is 102 cm³/mol. The summed E-state index contributed by atoms with van der Waals surface area (Å²) in [5.41, 5.74) is -1.23. The Morgan fingerprint density at radius 1 is 1.10 bits per heavy atom. The number of benzene rings is 2. The molecule has 30 heavy (non-hydrogen) atoms. The van der Waals surface area contributed by atoms with Crippen molar-refractivity contribution >= 4 is 39.1 Å². The first-order valence-electron chi connectivity index (χ1n) is 8.03. The van der Waals surface area contributed by atoms with E-state index in [-0.39, 0.29) is 32.0 Å². The molecule has 0 saturated heterocycles. The molecule has 0 fully saturated rings. The molecule has 3 rings (SSSR count). The van der Waals surface area contributed by atoms with E-state index in [9.17, 15) is 26.4 Å². The van der Waals surface area contributed by atoms with Crippen molar-refractivity contribution < 1.29 is 26.4 Å². The summed E-state index contributed by atoms with van der Waals surface area (Å²) in [6.45, 7) is 1.38. The zero-order chi connectivity index (χ0) is 22.3. The summed E-state index contributed by atoms with van der Waals surface area (Å²) < 4.78 is 66.1. The normalized spacial score (nSPS) is 12.1. The average molecular weight is 479 g/mol. The summed E-state index contributed by atoms with van der Waals surface area (Å²) in [6, 6.07) is 8.07. The van der Waals surface area contributed by atoms with Crippen molar-refractivity contribution in [1.29, 1.82) is 0 Å². The third kappa shape index (κ3) is 4.27. The fraction of sp³-hybridized carbons (Fsp3) is 0.118. The smallest absolute Gasteiger partial charge is 0.266 e. The molecule has 0 saturated carbocycles. The topological polar surface area (TPSA) is 93.9 Å². The average Bonchev–Trinajstić information content (AvgIpc) is 3.02. The molecule has 0 atom stereocenters. The monoisotopic (exact) mass is 478 g/mol. The van der Waals surface area contributed by atoms with Gasteiger partial charge in [-0.15, -0.1) is 5.10 Å². The Balaban J connectivity index is 1.92. The Hall–Kier alpha value is -2.63. The summed E-state index contributed by atoms with van der Waals surface area (Å²) in [5, 5.41) is 6.95. The van der Waals surface area contributed by atoms with E-state index >= 15 is 0 Å². The van der Waals surface area contributed by atoms with E-state index in [1.807, 2.05) is 4.72 Å². The van der Waals surface area contributed by atoms with Crippen molar-refractivity contribution in [2.45, 2.75) is 18.0 Å². The molecule has 0 radical (unpaired) electrons. The minimum atomic E-state index is -4.59. The lowest BCUT2D eigenvalue weighted by atomic mass is 10.2. The van der Waals surface area contributed by atoms with E-state index in [1.165, 1.54) is 31.2 Å². The van der Waals surface area contributed by atoms with Crippen LogP contribution in [0.1, 0.15) is 21.7 Å². The number of hydrogen-bond acceptors (Lipinski definition) is 5. The molecule has 7 nitrogen and oxygen atoms in total. The van der Waals surface area contributed by atoms with Gasteiger partial charge in [-0.2, -0.15) is 13.2 Å². The molecule has 0 unspecified atom stereocenters. The maximum atomic E-state index is 12.8. The fourth-order valence-corrected chi connectivity index (χ4v) is 4.25. The molecule has 2 aromatic carbocycles. The van der Waals surface area contributed by atoms with Crippen LogP contribution >= 0.6 is 23.2 Å². The van der Waals surface area contributed by atoms with Crippen LogP contribution in [0.4, 0.5) is 13.2 Å². The van der Waals surface area contributed by atoms with Gasteiger partial charge in [0.1, 0.15) is 4.90 Å². The van der Waals surface area contributed by atoms with Crippen molar-refractivity contribution in [1.82, 2.24) is 19.7 Å². The van der Waals surface area contributed by atoms with E-state index in [1.54, 1.807) is 0 Å². The van der Waals surface area contributed by atoms with Gasteiger partial charge >= 0.3 is 6.18 Å². The van der Waals surface area contributed by atoms with Crippen LogP contribution in [0.25, 0.3) is 5.69 Å². The minimum Gasteiger partial charge on any atom is -0.266 e. The SMILES string of the molecule is Cc1c(C(=O)NS(=O)(=O)c2ccccc2Cl)nnn1-c1ccc(C(F)(F)F)cc1Cl. The summed E-state index contributed by atoms with van der Waals surface area (Å²) in [7, 11) is -4.30. The minimum absolute atomic E-state index is 0.0303. The Kier molecular flexibility index (Phi) is 5.81. The highest BCUT2D eigenvalue weighted by Gasteiger charge is 2.31. The van der Waals surface area contributed by atoms with E-state index in [2.05, 4.69) is 10.3 Å². The third-order valence-corrected chi connectivity index (χ3v) is 6.10. The molecule has 158 valence electrons. The molecule has 13 heteroatoms. The van der Waals surface area contributed by atoms with Gasteiger partial charge in [-0.25, -0.2) is 17.8 Å². The van der Waals surface area contributed by atoms with Gasteiger partial charge in [-0.1, -0.05) is 40.5 Å². The first kappa shape index (κ1) is 22.1. The lowest BCUT2D eigenvalue weighted by Gasteiger charge is -2.11. The maximum Gasteiger partial charge on any atom is 0.416 e. The zero-order valence-corrected chi connectivity index (χ0v) is 17.2. The van der Waals surface area contributed by atoms with Crippen LogP contribution in [0.2, 0.25) is 10.0 Å². The Morgan fingerprint density at radius 2 is 1.77 bits per heavy atom. The number of halogens is 5. The van der Waals surface area contributed by atoms with E-state index in [0.717, 1.165) is 16.8 Å². The largest absolute Gasteiger partial charge is 0.416 e. The molecule has 1 N–H and O–H groups in total. The van der Waals surface area contributed by atoms with E-state index in [4.69, 9.17) is 23.2 Å². The van der Waals surface area contributed by atoms with Crippen LogP contribution in [0.5, 0.6) is 0 Å². The van der Waals surface area contributed by atoms with Gasteiger partial charge in [0.2, 0.25) is 0 Å². The van der Waals surface area contributed by atoms with Crippen LogP contribution in [0.3, 0.4) is 0 Å². The quantitative estimate of drug-likeness (QED) is 0.610. The van der Waals surface area contributed by atoms with Gasteiger partial charge in [0.25, 0.3) is 15.9 Å². The molecular formula is C17H11Cl2F3N4O3S. The first-order valence-corrected chi connectivity index (χ1v) is 10.3. The van der Waals surface area contributed by atoms with Gasteiger partial charge in [0.15, 0.2) is 5.69 Å². The van der Waals surface area contributed by atoms with Crippen LogP contribution in [0.15, 0.2) is 47.4 Å². The molecule has 0 bridgehead atoms. The van der Waals surface area contributed by atoms with Gasteiger partial charge in [0, 0.05) is 0 Å². The predicted octanol–water partition coefficient (Wildman–Crippen LogP) is 4.02. The van der Waals surface area contributed by atoms with Crippen molar-refractivity contribution in [3.8, 4) is 5.69 Å². The Morgan fingerprint density at radius 3 is 2.37 bits per heavy atom. The van der Waals surface area contributed by atoms with Crippen LogP contribution in [0, 0.1) is 6.92 Å². The lowest BCUT2D eigenvalue weighted by Crippen LogP contribution is -2.31. The van der Waals surface area contributed by atoms with Gasteiger partial charge in [-0.05, 0) is 37.3 Å². The number of amides is 1. The second-order valence-electron chi connectivity index (χ2n) is 5.96. The second kappa shape index (κ2) is 7.89. The van der Waals surface area contributed by atoms with Crippen LogP contribution in [-0.2, 0) is 16.2 Å². The van der Waals surface area contributed by atoms with Gasteiger partial charge in [0.05, 0.1) is 27.0 Å². The molecular weight excluding hydrogens is 468 g/mol. The van der Waals surface area contributed by atoms with Crippen molar-refractivity contribution in [2.75, 3.05) is 0 Å². The molecule has 1 heterocycles. The first-order chi connectivity index (χ1) is 13.9. The fourth-order valence-electron chi connectivity index (χ4n) is 2.51. The lowest BCUT2D eigenvalue weighted by molar-refractivity contribution is -0.137. The van der Waals surface area contributed by atoms with Crippen molar-refractivity contribution in [2.24, 2.45) is 0 Å². The highest BCUT2D eigenvalue weighted by molar-refractivity contribution is 7.90. The van der Waals surface area contributed by atoms with Gasteiger partial charge in [-0.3, -0.25) is 4.79 Å². The highest BCUT2D eigenvalue weighted by atomic mass is 35.5. The standard InChI is InChI=1S/C17H11Cl2F3N4O3S/c1-9-15(16(27)24-30(28,29)14-5-3-2-4-11(14)18)23-25-26(9)13-7-6-10(8-12(13)19)17(20,21)22/h2-8H,1H3,(H,24,27). The number of hydrogen-bond donors (Lipinski definition) is 1. The summed E-state index contributed by atoms with van der Waals surface area (Å²) in [5.74, 6) is -1.10. The molecule has 1 amide bonds. The third-order valence-electron chi connectivity index (χ3n) is 3.97. The molecule has 0 aliphatic carbocycles. The molecule has 3 aromatic rings. The number of alkyl halides is 3. The van der Waals surface area contributed by atoms with Crippen molar-refractivity contribution in [3.05, 3.63) is 69.5 Å². The van der Waals surface area contributed by atoms with E-state index < -0.39 is 27.7 Å². The number of sulfonamides is 1. The molecule has 0 aliphatic heterocycles. The summed E-state index contributed by atoms with van der Waals surface area (Å²) >= 11 is 11.8. The molecule has 0 aliphatic rings. The maximum absolute atomic E-state index is 12.8. The van der Waals surface area contributed by atoms with E-state index in [0.29, 0.717) is 6.07 Å². The van der Waals surface area contributed by atoms with Gasteiger partial charge < -0.3 is 0 Å².